The van der Waals surface area contributed by atoms with Gasteiger partial charge in [0, 0.05) is 6.54 Å². The van der Waals surface area contributed by atoms with Crippen molar-refractivity contribution in [3.8, 4) is 0 Å². The quantitative estimate of drug-likeness (QED) is 0.366. The smallest absolute Gasteiger partial charge is 0.326 e. The maximum absolute atomic E-state index is 13.0. The van der Waals surface area contributed by atoms with Gasteiger partial charge in [-0.2, -0.15) is 11.8 Å². The van der Waals surface area contributed by atoms with Crippen molar-refractivity contribution in [2.45, 2.75) is 70.6 Å². The Labute approximate surface area is 176 Å². The molecule has 9 nitrogen and oxygen atoms in total. The van der Waals surface area contributed by atoms with Crippen LogP contribution in [0.2, 0.25) is 0 Å². The van der Waals surface area contributed by atoms with Gasteiger partial charge in [0.05, 0.1) is 6.04 Å². The first-order chi connectivity index (χ1) is 13.6. The molecule has 3 amide bonds. The molecule has 0 bridgehead atoms. The van der Waals surface area contributed by atoms with Crippen LogP contribution in [0, 0.1) is 5.92 Å². The Morgan fingerprint density at radius 1 is 1.21 bits per heavy atom. The molecule has 0 saturated carbocycles. The molecule has 29 heavy (non-hydrogen) atoms. The van der Waals surface area contributed by atoms with E-state index in [2.05, 4.69) is 10.6 Å². The Hall–Kier alpha value is -1.81. The molecule has 1 aliphatic rings. The number of amides is 3. The Bertz CT molecular complexity index is 603. The number of nitrogens with one attached hydrogen (secondary N) is 2. The summed E-state index contributed by atoms with van der Waals surface area (Å²) >= 11 is 1.58. The van der Waals surface area contributed by atoms with E-state index in [0.29, 0.717) is 32.2 Å². The van der Waals surface area contributed by atoms with E-state index >= 15 is 0 Å². The number of carbonyl (C=O) groups excluding carboxylic acids is 3. The standard InChI is InChI=1S/C19H34N4O5S/c1-5-11(2)15(18(26)23-9-6-7-14(23)19(27)28)22-16(24)12(3)21-17(25)13(20)8-10-29-4/h11-15H,5-10,20H2,1-4H3,(H,21,25)(H,22,24)(H,27,28). The van der Waals surface area contributed by atoms with Crippen molar-refractivity contribution < 1.29 is 24.3 Å². The maximum Gasteiger partial charge on any atom is 0.326 e. The van der Waals surface area contributed by atoms with Crippen molar-refractivity contribution in [1.82, 2.24) is 15.5 Å². The Morgan fingerprint density at radius 2 is 1.86 bits per heavy atom. The molecule has 5 atom stereocenters. The SMILES string of the molecule is CCC(C)C(NC(=O)C(C)NC(=O)C(N)CCSC)C(=O)N1CCCC1C(=O)O. The highest BCUT2D eigenvalue weighted by Gasteiger charge is 2.39. The van der Waals surface area contributed by atoms with E-state index < -0.39 is 47.9 Å². The molecule has 10 heteroatoms. The van der Waals surface area contributed by atoms with Crippen LogP contribution in [0.15, 0.2) is 0 Å². The van der Waals surface area contributed by atoms with Gasteiger partial charge in [0.25, 0.3) is 0 Å². The third-order valence-corrected chi connectivity index (χ3v) is 5.96. The van der Waals surface area contributed by atoms with Crippen molar-refractivity contribution in [3.63, 3.8) is 0 Å². The van der Waals surface area contributed by atoms with Crippen LogP contribution in [0.1, 0.15) is 46.5 Å². The zero-order chi connectivity index (χ0) is 22.1. The monoisotopic (exact) mass is 430 g/mol. The molecule has 0 spiro atoms. The molecule has 1 rings (SSSR count). The highest BCUT2D eigenvalue weighted by atomic mass is 32.2. The number of hydrogen-bond donors (Lipinski definition) is 4. The summed E-state index contributed by atoms with van der Waals surface area (Å²) in [6.07, 6.45) is 4.07. The number of rotatable bonds is 11. The van der Waals surface area contributed by atoms with E-state index in [0.717, 1.165) is 5.75 Å². The molecule has 0 radical (unpaired) electrons. The normalized spacial score (nSPS) is 20.4. The van der Waals surface area contributed by atoms with Gasteiger partial charge in [-0.05, 0) is 44.1 Å². The second-order valence-electron chi connectivity index (χ2n) is 7.52. The molecule has 1 saturated heterocycles. The lowest BCUT2D eigenvalue weighted by Gasteiger charge is -2.31. The van der Waals surface area contributed by atoms with Crippen LogP contribution in [0.4, 0.5) is 0 Å². The van der Waals surface area contributed by atoms with Gasteiger partial charge in [0.2, 0.25) is 17.7 Å². The molecule has 5 unspecified atom stereocenters. The lowest BCUT2D eigenvalue weighted by molar-refractivity contribution is -0.150. The first-order valence-corrected chi connectivity index (χ1v) is 11.4. The summed E-state index contributed by atoms with van der Waals surface area (Å²) in [5.41, 5.74) is 5.82. The zero-order valence-corrected chi connectivity index (χ0v) is 18.5. The first kappa shape index (κ1) is 25.2. The van der Waals surface area contributed by atoms with E-state index in [1.165, 1.54) is 11.8 Å². The van der Waals surface area contributed by atoms with Crippen molar-refractivity contribution in [2.24, 2.45) is 11.7 Å². The Kier molecular flexibility index (Phi) is 10.5. The van der Waals surface area contributed by atoms with Crippen LogP contribution in [-0.2, 0) is 19.2 Å². The molecule has 1 aliphatic heterocycles. The summed E-state index contributed by atoms with van der Waals surface area (Å²) in [5.74, 6) is -1.80. The summed E-state index contributed by atoms with van der Waals surface area (Å²) in [6, 6.07) is -3.28. The second kappa shape index (κ2) is 12.0. The summed E-state index contributed by atoms with van der Waals surface area (Å²) in [4.78, 5) is 50.5. The number of nitrogens with zero attached hydrogens (tertiary/aromatic N) is 1. The average Bonchev–Trinajstić information content (AvgIpc) is 3.18. The molecule has 1 heterocycles. The van der Waals surface area contributed by atoms with Crippen LogP contribution < -0.4 is 16.4 Å². The topological polar surface area (TPSA) is 142 Å². The molecule has 1 fully saturated rings. The van der Waals surface area contributed by atoms with Crippen molar-refractivity contribution in [3.05, 3.63) is 0 Å². The largest absolute Gasteiger partial charge is 0.480 e. The Balaban J connectivity index is 2.79. The highest BCUT2D eigenvalue weighted by Crippen LogP contribution is 2.21. The van der Waals surface area contributed by atoms with Crippen LogP contribution in [0.5, 0.6) is 0 Å². The zero-order valence-electron chi connectivity index (χ0n) is 17.6. The van der Waals surface area contributed by atoms with Crippen LogP contribution in [-0.4, -0.2) is 76.4 Å². The third kappa shape index (κ3) is 7.18. The number of carboxylic acid groups (broad SMARTS) is 1. The van der Waals surface area contributed by atoms with E-state index in [1.807, 2.05) is 20.1 Å². The summed E-state index contributed by atoms with van der Waals surface area (Å²) in [7, 11) is 0. The number of aliphatic carboxylic acids is 1. The summed E-state index contributed by atoms with van der Waals surface area (Å²) in [5, 5.41) is 14.6. The predicted octanol–water partition coefficient (Wildman–Crippen LogP) is 0.178. The third-order valence-electron chi connectivity index (χ3n) is 5.32. The van der Waals surface area contributed by atoms with Gasteiger partial charge >= 0.3 is 5.97 Å². The minimum Gasteiger partial charge on any atom is -0.480 e. The molecular formula is C19H34N4O5S. The van der Waals surface area contributed by atoms with E-state index in [9.17, 15) is 24.3 Å². The van der Waals surface area contributed by atoms with Gasteiger partial charge in [-0.3, -0.25) is 14.4 Å². The molecule has 5 N–H and O–H groups in total. The van der Waals surface area contributed by atoms with Crippen LogP contribution in [0.3, 0.4) is 0 Å². The number of thioether (sulfide) groups is 1. The minimum absolute atomic E-state index is 0.187. The van der Waals surface area contributed by atoms with Gasteiger partial charge in [0.15, 0.2) is 0 Å². The molecule has 166 valence electrons. The minimum atomic E-state index is -1.04. The van der Waals surface area contributed by atoms with Crippen molar-refractivity contribution in [2.75, 3.05) is 18.6 Å². The molecule has 0 aromatic heterocycles. The van der Waals surface area contributed by atoms with Gasteiger partial charge < -0.3 is 26.4 Å². The number of likely N-dealkylation sites (tertiary alicyclic amines) is 1. The van der Waals surface area contributed by atoms with Crippen LogP contribution in [0.25, 0.3) is 0 Å². The predicted molar refractivity (Wildman–Crippen MR) is 112 cm³/mol. The fourth-order valence-corrected chi connectivity index (χ4v) is 3.68. The van der Waals surface area contributed by atoms with Gasteiger partial charge in [-0.25, -0.2) is 4.79 Å². The maximum atomic E-state index is 13.0. The lowest BCUT2D eigenvalue weighted by Crippen LogP contribution is -2.58. The average molecular weight is 431 g/mol. The molecule has 0 aromatic rings. The highest BCUT2D eigenvalue weighted by molar-refractivity contribution is 7.98. The number of hydrogen-bond acceptors (Lipinski definition) is 6. The number of nitrogens with two attached hydrogens (primary N) is 1. The molecule has 0 aliphatic carbocycles. The van der Waals surface area contributed by atoms with Gasteiger partial charge in [-0.1, -0.05) is 20.3 Å². The molecular weight excluding hydrogens is 396 g/mol. The van der Waals surface area contributed by atoms with E-state index in [-0.39, 0.29) is 5.92 Å². The number of carbonyl (C=O) groups is 4. The Morgan fingerprint density at radius 3 is 2.41 bits per heavy atom. The summed E-state index contributed by atoms with van der Waals surface area (Å²) < 4.78 is 0. The fraction of sp³-hybridized carbons (Fsp3) is 0.789. The van der Waals surface area contributed by atoms with E-state index in [1.54, 1.807) is 11.8 Å². The van der Waals surface area contributed by atoms with Crippen molar-refractivity contribution in [1.29, 1.82) is 0 Å². The fourth-order valence-electron chi connectivity index (χ4n) is 3.19. The molecule has 0 aromatic carbocycles. The van der Waals surface area contributed by atoms with Crippen LogP contribution >= 0.6 is 11.8 Å². The van der Waals surface area contributed by atoms with E-state index in [4.69, 9.17) is 5.73 Å². The lowest BCUT2D eigenvalue weighted by atomic mass is 9.97. The van der Waals surface area contributed by atoms with Gasteiger partial charge in [-0.15, -0.1) is 0 Å². The summed E-state index contributed by atoms with van der Waals surface area (Å²) in [6.45, 7) is 5.61. The number of carboxylic acids is 1. The van der Waals surface area contributed by atoms with Gasteiger partial charge in [0.1, 0.15) is 18.1 Å². The first-order valence-electron chi connectivity index (χ1n) is 10.0. The van der Waals surface area contributed by atoms with Crippen molar-refractivity contribution >= 4 is 35.5 Å². The second-order valence-corrected chi connectivity index (χ2v) is 8.50.